The number of nitrogens with zero attached hydrogens (tertiary/aromatic N) is 3. The van der Waals surface area contributed by atoms with Crippen molar-refractivity contribution in [3.8, 4) is 11.3 Å². The zero-order valence-corrected chi connectivity index (χ0v) is 11.2. The normalized spacial score (nSPS) is 11.1. The minimum Gasteiger partial charge on any atom is -0.319 e. The second kappa shape index (κ2) is 5.38. The molecule has 20 heavy (non-hydrogen) atoms. The summed E-state index contributed by atoms with van der Waals surface area (Å²) < 4.78 is 15.1. The number of hydrogen-bond acceptors (Lipinski definition) is 3. The van der Waals surface area contributed by atoms with Crippen molar-refractivity contribution in [3.05, 3.63) is 54.5 Å². The van der Waals surface area contributed by atoms with Crippen LogP contribution in [0.15, 0.2) is 42.9 Å². The highest BCUT2D eigenvalue weighted by Gasteiger charge is 2.12. The molecule has 102 valence electrons. The van der Waals surface area contributed by atoms with Crippen LogP contribution in [0.5, 0.6) is 0 Å². The number of halogens is 1. The van der Waals surface area contributed by atoms with Gasteiger partial charge >= 0.3 is 0 Å². The van der Waals surface area contributed by atoms with Gasteiger partial charge < -0.3 is 9.72 Å². The van der Waals surface area contributed by atoms with Gasteiger partial charge in [0.05, 0.1) is 17.4 Å². The summed E-state index contributed by atoms with van der Waals surface area (Å²) in [5.41, 5.74) is 2.67. The first-order valence-electron chi connectivity index (χ1n) is 6.51. The fourth-order valence-electron chi connectivity index (χ4n) is 2.24. The Kier molecular flexibility index (Phi) is 3.43. The zero-order valence-electron chi connectivity index (χ0n) is 11.2. The van der Waals surface area contributed by atoms with Crippen LogP contribution in [0.2, 0.25) is 0 Å². The maximum absolute atomic E-state index is 13.0. The molecule has 0 radical (unpaired) electrons. The summed E-state index contributed by atoms with van der Waals surface area (Å²) in [6.07, 6.45) is 6.25. The van der Waals surface area contributed by atoms with Gasteiger partial charge in [-0.2, -0.15) is 0 Å². The number of aromatic nitrogens is 3. The fraction of sp³-hybridized carbons (Fsp3) is 0.200. The van der Waals surface area contributed by atoms with Crippen LogP contribution in [0.25, 0.3) is 16.8 Å². The van der Waals surface area contributed by atoms with Crippen molar-refractivity contribution >= 4 is 5.52 Å². The quantitative estimate of drug-likeness (QED) is 0.791. The predicted octanol–water partition coefficient (Wildman–Crippen LogP) is 2.30. The number of hydrogen-bond donors (Lipinski definition) is 1. The Morgan fingerprint density at radius 1 is 1.25 bits per heavy atom. The monoisotopic (exact) mass is 270 g/mol. The molecule has 0 atom stereocenters. The van der Waals surface area contributed by atoms with E-state index in [1.807, 2.05) is 17.6 Å². The van der Waals surface area contributed by atoms with Gasteiger partial charge in [0.15, 0.2) is 0 Å². The smallest absolute Gasteiger partial charge is 0.123 e. The molecule has 0 aliphatic heterocycles. The number of benzene rings is 1. The molecule has 1 N–H and O–H groups in total. The van der Waals surface area contributed by atoms with Crippen molar-refractivity contribution in [2.24, 2.45) is 0 Å². The molecule has 0 saturated heterocycles. The van der Waals surface area contributed by atoms with E-state index in [1.165, 1.54) is 12.1 Å². The molecule has 5 heteroatoms. The van der Waals surface area contributed by atoms with Crippen LogP contribution >= 0.6 is 0 Å². The zero-order chi connectivity index (χ0) is 13.9. The van der Waals surface area contributed by atoms with Crippen LogP contribution in [0, 0.1) is 5.82 Å². The van der Waals surface area contributed by atoms with E-state index in [-0.39, 0.29) is 5.82 Å². The van der Waals surface area contributed by atoms with E-state index in [2.05, 4.69) is 15.3 Å². The Morgan fingerprint density at radius 2 is 2.05 bits per heavy atom. The Balaban J connectivity index is 2.13. The molecular formula is C15H15FN4. The Morgan fingerprint density at radius 3 is 2.80 bits per heavy atom. The lowest BCUT2D eigenvalue weighted by molar-refractivity contribution is 0.628. The van der Waals surface area contributed by atoms with Crippen molar-refractivity contribution in [2.45, 2.75) is 6.42 Å². The lowest BCUT2D eigenvalue weighted by Gasteiger charge is -1.99. The number of likely N-dealkylation sites (N-methyl/N-ethyl adjacent to an activating group) is 1. The van der Waals surface area contributed by atoms with Gasteiger partial charge in [0.25, 0.3) is 0 Å². The SMILES string of the molecule is CNCCc1nc(-c2ccc(F)cc2)c2cnccn12. The van der Waals surface area contributed by atoms with Gasteiger partial charge in [-0.15, -0.1) is 0 Å². The largest absolute Gasteiger partial charge is 0.319 e. The summed E-state index contributed by atoms with van der Waals surface area (Å²) in [6, 6.07) is 6.38. The molecule has 2 aromatic heterocycles. The number of fused-ring (bicyclic) bond motifs is 1. The van der Waals surface area contributed by atoms with Crippen LogP contribution in [-0.4, -0.2) is 28.0 Å². The first-order chi connectivity index (χ1) is 9.79. The topological polar surface area (TPSA) is 42.2 Å². The van der Waals surface area contributed by atoms with Gasteiger partial charge in [-0.05, 0) is 31.3 Å². The maximum atomic E-state index is 13.0. The third-order valence-corrected chi connectivity index (χ3v) is 3.24. The van der Waals surface area contributed by atoms with Gasteiger partial charge in [-0.1, -0.05) is 0 Å². The van der Waals surface area contributed by atoms with Crippen LogP contribution in [0.4, 0.5) is 4.39 Å². The van der Waals surface area contributed by atoms with Crippen LogP contribution in [-0.2, 0) is 6.42 Å². The van der Waals surface area contributed by atoms with Crippen molar-refractivity contribution in [1.82, 2.24) is 19.7 Å². The number of nitrogens with one attached hydrogen (secondary N) is 1. The van der Waals surface area contributed by atoms with Crippen LogP contribution in [0.3, 0.4) is 0 Å². The second-order valence-electron chi connectivity index (χ2n) is 4.57. The summed E-state index contributed by atoms with van der Waals surface area (Å²) in [6.45, 7) is 0.851. The van der Waals surface area contributed by atoms with Gasteiger partial charge in [0, 0.05) is 30.9 Å². The average molecular weight is 270 g/mol. The minimum absolute atomic E-state index is 0.245. The van der Waals surface area contributed by atoms with E-state index in [4.69, 9.17) is 0 Å². The number of rotatable bonds is 4. The molecule has 3 aromatic rings. The van der Waals surface area contributed by atoms with E-state index < -0.39 is 0 Å². The molecule has 0 saturated carbocycles. The predicted molar refractivity (Wildman–Crippen MR) is 76.0 cm³/mol. The highest BCUT2D eigenvalue weighted by Crippen LogP contribution is 2.24. The third-order valence-electron chi connectivity index (χ3n) is 3.24. The van der Waals surface area contributed by atoms with Crippen molar-refractivity contribution < 1.29 is 4.39 Å². The molecule has 0 aliphatic rings. The van der Waals surface area contributed by atoms with Crippen molar-refractivity contribution in [3.63, 3.8) is 0 Å². The summed E-state index contributed by atoms with van der Waals surface area (Å²) in [4.78, 5) is 8.85. The van der Waals surface area contributed by atoms with Gasteiger partial charge in [0.1, 0.15) is 11.6 Å². The molecule has 0 spiro atoms. The van der Waals surface area contributed by atoms with Crippen LogP contribution in [0.1, 0.15) is 5.82 Å². The lowest BCUT2D eigenvalue weighted by atomic mass is 10.1. The molecule has 2 heterocycles. The highest BCUT2D eigenvalue weighted by atomic mass is 19.1. The summed E-state index contributed by atoms with van der Waals surface area (Å²) in [5.74, 6) is 0.724. The fourth-order valence-corrected chi connectivity index (χ4v) is 2.24. The maximum Gasteiger partial charge on any atom is 0.123 e. The Hall–Kier alpha value is -2.27. The third kappa shape index (κ3) is 2.28. The summed E-state index contributed by atoms with van der Waals surface area (Å²) in [5, 5.41) is 3.12. The molecule has 0 unspecified atom stereocenters. The summed E-state index contributed by atoms with van der Waals surface area (Å²) in [7, 11) is 1.91. The molecule has 1 aromatic carbocycles. The van der Waals surface area contributed by atoms with Crippen molar-refractivity contribution in [2.75, 3.05) is 13.6 Å². The van der Waals surface area contributed by atoms with Gasteiger partial charge in [0.2, 0.25) is 0 Å². The number of imidazole rings is 1. The second-order valence-corrected chi connectivity index (χ2v) is 4.57. The first-order valence-corrected chi connectivity index (χ1v) is 6.51. The van der Waals surface area contributed by atoms with E-state index in [1.54, 1.807) is 24.5 Å². The van der Waals surface area contributed by atoms with Crippen LogP contribution < -0.4 is 5.32 Å². The Labute approximate surface area is 116 Å². The molecule has 0 fully saturated rings. The average Bonchev–Trinajstić information content (AvgIpc) is 2.85. The standard InChI is InChI=1S/C15H15FN4/c1-17-7-6-14-19-15(11-2-4-12(16)5-3-11)13-10-18-8-9-20(13)14/h2-5,8-10,17H,6-7H2,1H3. The first kappa shape index (κ1) is 12.7. The van der Waals surface area contributed by atoms with Gasteiger partial charge in [-0.25, -0.2) is 9.37 Å². The Bertz CT molecular complexity index is 718. The molecule has 0 amide bonds. The molecule has 0 bridgehead atoms. The highest BCUT2D eigenvalue weighted by molar-refractivity contribution is 5.77. The van der Waals surface area contributed by atoms with E-state index in [9.17, 15) is 4.39 Å². The minimum atomic E-state index is -0.245. The molecule has 0 aliphatic carbocycles. The lowest BCUT2D eigenvalue weighted by Crippen LogP contribution is -2.12. The summed E-state index contributed by atoms with van der Waals surface area (Å²) >= 11 is 0. The molecular weight excluding hydrogens is 255 g/mol. The van der Waals surface area contributed by atoms with E-state index in [0.717, 1.165) is 35.6 Å². The van der Waals surface area contributed by atoms with E-state index >= 15 is 0 Å². The van der Waals surface area contributed by atoms with Gasteiger partial charge in [-0.3, -0.25) is 4.98 Å². The van der Waals surface area contributed by atoms with Crippen molar-refractivity contribution in [1.29, 1.82) is 0 Å². The molecule has 3 rings (SSSR count). The molecule has 4 nitrogen and oxygen atoms in total. The van der Waals surface area contributed by atoms with E-state index in [0.29, 0.717) is 0 Å².